The second kappa shape index (κ2) is 8.70. The molecule has 4 nitrogen and oxygen atoms in total. The van der Waals surface area contributed by atoms with Crippen LogP contribution in [0.1, 0.15) is 39.0 Å². The van der Waals surface area contributed by atoms with Gasteiger partial charge in [-0.05, 0) is 50.9 Å². The lowest BCUT2D eigenvalue weighted by Gasteiger charge is -2.35. The Labute approximate surface area is 147 Å². The van der Waals surface area contributed by atoms with Crippen LogP contribution in [0, 0.1) is 0 Å². The van der Waals surface area contributed by atoms with Crippen molar-refractivity contribution in [3.63, 3.8) is 0 Å². The first-order valence-corrected chi connectivity index (χ1v) is 10.2. The van der Waals surface area contributed by atoms with Gasteiger partial charge < -0.3 is 4.90 Å². The van der Waals surface area contributed by atoms with Crippen LogP contribution >= 0.6 is 0 Å². The molecule has 1 aliphatic rings. The number of benzene rings is 1. The van der Waals surface area contributed by atoms with E-state index in [4.69, 9.17) is 0 Å². The number of pyridine rings is 1. The fourth-order valence-corrected chi connectivity index (χ4v) is 4.67. The van der Waals surface area contributed by atoms with E-state index in [1.165, 1.54) is 32.2 Å². The quantitative estimate of drug-likeness (QED) is 0.781. The third-order valence-corrected chi connectivity index (χ3v) is 6.14. The topological polar surface area (TPSA) is 45.2 Å². The minimum absolute atomic E-state index is 0.745. The molecule has 0 spiro atoms. The van der Waals surface area contributed by atoms with E-state index >= 15 is 0 Å². The zero-order valence-electron chi connectivity index (χ0n) is 14.4. The van der Waals surface area contributed by atoms with Gasteiger partial charge in [-0.25, -0.2) is 8.93 Å². The summed E-state index contributed by atoms with van der Waals surface area (Å²) in [6.45, 7) is 5.38. The second-order valence-electron chi connectivity index (χ2n) is 6.46. The normalized spacial score (nSPS) is 20.3. The highest BCUT2D eigenvalue weighted by atomic mass is 32.2. The van der Waals surface area contributed by atoms with E-state index in [0.29, 0.717) is 0 Å². The molecule has 2 atom stereocenters. The lowest BCUT2D eigenvalue weighted by molar-refractivity contribution is 0.143. The van der Waals surface area contributed by atoms with Gasteiger partial charge in [0.05, 0.1) is 4.90 Å². The van der Waals surface area contributed by atoms with Crippen molar-refractivity contribution in [3.05, 3.63) is 36.7 Å². The highest BCUT2D eigenvalue weighted by molar-refractivity contribution is 7.83. The number of rotatable bonds is 7. The highest BCUT2D eigenvalue weighted by Crippen LogP contribution is 2.21. The molecule has 130 valence electrons. The van der Waals surface area contributed by atoms with Gasteiger partial charge in [-0.3, -0.25) is 4.98 Å². The maximum Gasteiger partial charge on any atom is 0.125 e. The van der Waals surface area contributed by atoms with Gasteiger partial charge in [-0.1, -0.05) is 25.5 Å². The number of likely N-dealkylation sites (tertiary alicyclic amines) is 1. The van der Waals surface area contributed by atoms with Gasteiger partial charge in [-0.15, -0.1) is 0 Å². The minimum atomic E-state index is -1.17. The van der Waals surface area contributed by atoms with Crippen molar-refractivity contribution in [1.29, 1.82) is 0 Å². The van der Waals surface area contributed by atoms with Crippen LogP contribution in [0.15, 0.2) is 41.6 Å². The van der Waals surface area contributed by atoms with Crippen LogP contribution in [-0.2, 0) is 11.0 Å². The molecule has 0 amide bonds. The van der Waals surface area contributed by atoms with Gasteiger partial charge in [0.1, 0.15) is 11.0 Å². The molecule has 1 aromatic heterocycles. The molecule has 0 saturated carbocycles. The molecule has 1 saturated heterocycles. The summed E-state index contributed by atoms with van der Waals surface area (Å²) in [6.07, 6.45) is 9.87. The van der Waals surface area contributed by atoms with Crippen molar-refractivity contribution in [2.24, 2.45) is 0 Å². The zero-order valence-corrected chi connectivity index (χ0v) is 15.2. The molecule has 1 aliphatic heterocycles. The van der Waals surface area contributed by atoms with Crippen LogP contribution in [0.25, 0.3) is 10.8 Å². The Balaban J connectivity index is 1.52. The van der Waals surface area contributed by atoms with Crippen LogP contribution in [0.2, 0.25) is 0 Å². The van der Waals surface area contributed by atoms with Crippen LogP contribution in [0.4, 0.5) is 0 Å². The Bertz CT molecular complexity index is 686. The van der Waals surface area contributed by atoms with Crippen LogP contribution in [-0.4, -0.2) is 39.8 Å². The summed E-state index contributed by atoms with van der Waals surface area (Å²) in [5.41, 5.74) is 0. The summed E-state index contributed by atoms with van der Waals surface area (Å²) in [6, 6.07) is 8.56. The number of hydrogen-bond acceptors (Lipinski definition) is 3. The summed E-state index contributed by atoms with van der Waals surface area (Å²) in [5.74, 6) is 0. The van der Waals surface area contributed by atoms with E-state index in [1.54, 1.807) is 6.20 Å². The van der Waals surface area contributed by atoms with Gasteiger partial charge >= 0.3 is 0 Å². The first-order valence-electron chi connectivity index (χ1n) is 9.01. The fourth-order valence-electron chi connectivity index (χ4n) is 3.60. The summed E-state index contributed by atoms with van der Waals surface area (Å²) < 4.78 is 15.8. The number of piperidine rings is 1. The SMILES string of the molecule is CC[C@H]1CCCCN1CCCNS(=O)c1cccc2cnccc12. The maximum atomic E-state index is 12.6. The molecule has 2 aromatic rings. The molecule has 3 rings (SSSR count). The first-order chi connectivity index (χ1) is 11.8. The lowest BCUT2D eigenvalue weighted by Crippen LogP contribution is -2.40. The average molecular weight is 346 g/mol. The van der Waals surface area contributed by atoms with E-state index in [0.717, 1.165) is 41.2 Å². The van der Waals surface area contributed by atoms with Crippen molar-refractivity contribution >= 4 is 21.8 Å². The van der Waals surface area contributed by atoms with E-state index in [2.05, 4.69) is 21.5 Å². The fraction of sp³-hybridized carbons (Fsp3) is 0.526. The molecule has 24 heavy (non-hydrogen) atoms. The Morgan fingerprint density at radius 2 is 2.25 bits per heavy atom. The molecule has 1 N–H and O–H groups in total. The van der Waals surface area contributed by atoms with E-state index in [-0.39, 0.29) is 0 Å². The maximum absolute atomic E-state index is 12.6. The Kier molecular flexibility index (Phi) is 6.35. The Morgan fingerprint density at radius 1 is 1.33 bits per heavy atom. The number of aromatic nitrogens is 1. The van der Waals surface area contributed by atoms with Crippen molar-refractivity contribution in [1.82, 2.24) is 14.6 Å². The smallest absolute Gasteiger partial charge is 0.125 e. The van der Waals surface area contributed by atoms with E-state index in [1.807, 2.05) is 30.5 Å². The van der Waals surface area contributed by atoms with Gasteiger partial charge in [0, 0.05) is 35.8 Å². The minimum Gasteiger partial charge on any atom is -0.300 e. The predicted octanol–water partition coefficient (Wildman–Crippen LogP) is 3.50. The van der Waals surface area contributed by atoms with Crippen molar-refractivity contribution < 1.29 is 4.21 Å². The predicted molar refractivity (Wildman–Crippen MR) is 100 cm³/mol. The van der Waals surface area contributed by atoms with Crippen LogP contribution in [0.3, 0.4) is 0 Å². The standard InChI is InChI=1S/C19H27N3OS/c1-2-17-8-3-4-13-22(17)14-6-11-21-24(23)19-9-5-7-16-15-20-12-10-18(16)19/h5,7,9-10,12,15,17,21H,2-4,6,8,11,13-14H2,1H3/t17-,24?/m0/s1. The van der Waals surface area contributed by atoms with Crippen molar-refractivity contribution in [2.45, 2.75) is 50.0 Å². The monoisotopic (exact) mass is 345 g/mol. The molecule has 2 heterocycles. The summed E-state index contributed by atoms with van der Waals surface area (Å²) >= 11 is 0. The first kappa shape index (κ1) is 17.5. The molecule has 0 radical (unpaired) electrons. The largest absolute Gasteiger partial charge is 0.300 e. The molecule has 1 aromatic carbocycles. The molecule has 1 unspecified atom stereocenters. The van der Waals surface area contributed by atoms with Crippen LogP contribution in [0.5, 0.6) is 0 Å². The van der Waals surface area contributed by atoms with E-state index < -0.39 is 11.0 Å². The Morgan fingerprint density at radius 3 is 3.12 bits per heavy atom. The number of nitrogens with zero attached hydrogens (tertiary/aromatic N) is 2. The summed E-state index contributed by atoms with van der Waals surface area (Å²) in [7, 11) is -1.17. The molecule has 1 fully saturated rings. The number of hydrogen-bond donors (Lipinski definition) is 1. The zero-order chi connectivity index (χ0) is 16.8. The molecule has 0 aliphatic carbocycles. The summed E-state index contributed by atoms with van der Waals surface area (Å²) in [4.78, 5) is 7.59. The average Bonchev–Trinajstić information content (AvgIpc) is 2.65. The van der Waals surface area contributed by atoms with Crippen LogP contribution < -0.4 is 4.72 Å². The second-order valence-corrected chi connectivity index (χ2v) is 7.73. The van der Waals surface area contributed by atoms with E-state index in [9.17, 15) is 4.21 Å². The van der Waals surface area contributed by atoms with Crippen molar-refractivity contribution in [3.8, 4) is 0 Å². The highest BCUT2D eigenvalue weighted by Gasteiger charge is 2.19. The van der Waals surface area contributed by atoms with Gasteiger partial charge in [0.25, 0.3) is 0 Å². The molecule has 0 bridgehead atoms. The van der Waals surface area contributed by atoms with Gasteiger partial charge in [0.15, 0.2) is 0 Å². The van der Waals surface area contributed by atoms with Gasteiger partial charge in [-0.2, -0.15) is 0 Å². The van der Waals surface area contributed by atoms with Gasteiger partial charge in [0.2, 0.25) is 0 Å². The molecular formula is C19H27N3OS. The third-order valence-electron chi connectivity index (χ3n) is 4.92. The lowest BCUT2D eigenvalue weighted by atomic mass is 10.00. The third kappa shape index (κ3) is 4.21. The Hall–Kier alpha value is -1.30. The van der Waals surface area contributed by atoms with Crippen molar-refractivity contribution in [2.75, 3.05) is 19.6 Å². The molecular weight excluding hydrogens is 318 g/mol. The number of nitrogens with one attached hydrogen (secondary N) is 1. The summed E-state index contributed by atoms with van der Waals surface area (Å²) in [5, 5.41) is 2.05. The molecule has 5 heteroatoms. The number of fused-ring (bicyclic) bond motifs is 1.